The fourth-order valence-electron chi connectivity index (χ4n) is 2.15. The van der Waals surface area contributed by atoms with Gasteiger partial charge in [-0.2, -0.15) is 0 Å². The van der Waals surface area contributed by atoms with E-state index in [0.717, 1.165) is 23.1 Å². The first kappa shape index (κ1) is 11.7. The molecule has 1 aliphatic heterocycles. The van der Waals surface area contributed by atoms with Crippen LogP contribution in [0.2, 0.25) is 0 Å². The molecule has 1 saturated heterocycles. The Bertz CT molecular complexity index is 391. The molecule has 1 amide bonds. The van der Waals surface area contributed by atoms with E-state index in [9.17, 15) is 4.79 Å². The van der Waals surface area contributed by atoms with Gasteiger partial charge in [-0.25, -0.2) is 0 Å². The van der Waals surface area contributed by atoms with Crippen LogP contribution in [-0.4, -0.2) is 23.9 Å². The van der Waals surface area contributed by atoms with Gasteiger partial charge in [0.2, 0.25) is 5.91 Å². The van der Waals surface area contributed by atoms with E-state index in [0.29, 0.717) is 6.42 Å². The average Bonchev–Trinajstić information content (AvgIpc) is 2.60. The number of amides is 1. The van der Waals surface area contributed by atoms with Crippen LogP contribution in [0, 0.1) is 0 Å². The molecule has 0 spiro atoms. The van der Waals surface area contributed by atoms with Crippen molar-refractivity contribution in [1.82, 2.24) is 4.90 Å². The molecule has 88 valence electrons. The molecule has 2 heterocycles. The van der Waals surface area contributed by atoms with Crippen LogP contribution >= 0.6 is 15.9 Å². The zero-order chi connectivity index (χ0) is 11.7. The van der Waals surface area contributed by atoms with Gasteiger partial charge in [0.05, 0.1) is 10.7 Å². The van der Waals surface area contributed by atoms with Crippen LogP contribution < -0.4 is 5.73 Å². The number of nitrogens with zero attached hydrogens (tertiary/aromatic N) is 1. The first-order valence-electron chi connectivity index (χ1n) is 5.35. The molecular formula is C11H15BrN2O2. The molecule has 2 rings (SSSR count). The summed E-state index contributed by atoms with van der Waals surface area (Å²) in [4.78, 5) is 13.5. The SMILES string of the molecule is CN1C(=O)CCCC(N)C1c1occc1Br. The van der Waals surface area contributed by atoms with Crippen LogP contribution in [0.15, 0.2) is 21.2 Å². The molecule has 0 aromatic carbocycles. The molecule has 0 saturated carbocycles. The van der Waals surface area contributed by atoms with Crippen molar-refractivity contribution in [3.63, 3.8) is 0 Å². The van der Waals surface area contributed by atoms with E-state index in [-0.39, 0.29) is 18.0 Å². The lowest BCUT2D eigenvalue weighted by molar-refractivity contribution is -0.132. The fraction of sp³-hybridized carbons (Fsp3) is 0.545. The number of hydrogen-bond donors (Lipinski definition) is 1. The molecule has 1 aliphatic rings. The lowest BCUT2D eigenvalue weighted by Gasteiger charge is -2.28. The number of furan rings is 1. The van der Waals surface area contributed by atoms with E-state index in [1.807, 2.05) is 6.07 Å². The summed E-state index contributed by atoms with van der Waals surface area (Å²) >= 11 is 3.41. The number of carbonyl (C=O) groups is 1. The van der Waals surface area contributed by atoms with Gasteiger partial charge in [-0.3, -0.25) is 4.79 Å². The number of halogens is 1. The molecule has 1 aromatic rings. The minimum atomic E-state index is -0.167. The van der Waals surface area contributed by atoms with Gasteiger partial charge in [0, 0.05) is 19.5 Å². The number of likely N-dealkylation sites (N-methyl/N-ethyl adjacent to an activating group) is 1. The summed E-state index contributed by atoms with van der Waals surface area (Å²) in [5, 5.41) is 0. The predicted octanol–water partition coefficient (Wildman–Crippen LogP) is 2.05. The highest BCUT2D eigenvalue weighted by Crippen LogP contribution is 2.33. The zero-order valence-electron chi connectivity index (χ0n) is 9.15. The molecule has 0 bridgehead atoms. The van der Waals surface area contributed by atoms with Crippen LogP contribution in [-0.2, 0) is 4.79 Å². The van der Waals surface area contributed by atoms with E-state index >= 15 is 0 Å². The summed E-state index contributed by atoms with van der Waals surface area (Å²) < 4.78 is 6.30. The van der Waals surface area contributed by atoms with Crippen LogP contribution in [0.4, 0.5) is 0 Å². The van der Waals surface area contributed by atoms with E-state index in [1.54, 1.807) is 18.2 Å². The lowest BCUT2D eigenvalue weighted by Crippen LogP contribution is -2.39. The molecule has 2 unspecified atom stereocenters. The highest BCUT2D eigenvalue weighted by Gasteiger charge is 2.33. The number of nitrogens with two attached hydrogens (primary N) is 1. The lowest BCUT2D eigenvalue weighted by atomic mass is 10.0. The van der Waals surface area contributed by atoms with Gasteiger partial charge in [0.25, 0.3) is 0 Å². The maximum Gasteiger partial charge on any atom is 0.222 e. The van der Waals surface area contributed by atoms with Crippen LogP contribution in [0.25, 0.3) is 0 Å². The van der Waals surface area contributed by atoms with E-state index in [1.165, 1.54) is 0 Å². The standard InChI is InChI=1S/C11H15BrN2O2/c1-14-9(15)4-2-3-8(13)10(14)11-7(12)5-6-16-11/h5-6,8,10H,2-4,13H2,1H3. The van der Waals surface area contributed by atoms with Crippen molar-refractivity contribution in [2.75, 3.05) is 7.05 Å². The Morgan fingerprint density at radius 2 is 2.38 bits per heavy atom. The molecule has 16 heavy (non-hydrogen) atoms. The molecule has 2 N–H and O–H groups in total. The van der Waals surface area contributed by atoms with E-state index in [2.05, 4.69) is 15.9 Å². The van der Waals surface area contributed by atoms with Crippen molar-refractivity contribution < 1.29 is 9.21 Å². The van der Waals surface area contributed by atoms with Gasteiger partial charge in [0.1, 0.15) is 11.8 Å². The Kier molecular flexibility index (Phi) is 3.35. The smallest absolute Gasteiger partial charge is 0.222 e. The van der Waals surface area contributed by atoms with Crippen molar-refractivity contribution in [2.45, 2.75) is 31.3 Å². The largest absolute Gasteiger partial charge is 0.466 e. The first-order valence-corrected chi connectivity index (χ1v) is 6.14. The summed E-state index contributed by atoms with van der Waals surface area (Å²) in [6.07, 6.45) is 3.86. The first-order chi connectivity index (χ1) is 7.61. The molecule has 1 aromatic heterocycles. The van der Waals surface area contributed by atoms with Gasteiger partial charge in [-0.05, 0) is 34.8 Å². The highest BCUT2D eigenvalue weighted by atomic mass is 79.9. The monoisotopic (exact) mass is 286 g/mol. The van der Waals surface area contributed by atoms with Crippen LogP contribution in [0.5, 0.6) is 0 Å². The van der Waals surface area contributed by atoms with Crippen molar-refractivity contribution in [3.8, 4) is 0 Å². The number of hydrogen-bond acceptors (Lipinski definition) is 3. The summed E-state index contributed by atoms with van der Waals surface area (Å²) in [6.45, 7) is 0. The molecular weight excluding hydrogens is 272 g/mol. The Labute approximate surface area is 103 Å². The van der Waals surface area contributed by atoms with Gasteiger partial charge in [-0.1, -0.05) is 0 Å². The number of rotatable bonds is 1. The Morgan fingerprint density at radius 3 is 3.00 bits per heavy atom. The summed E-state index contributed by atoms with van der Waals surface area (Å²) in [7, 11) is 1.78. The quantitative estimate of drug-likeness (QED) is 0.860. The molecule has 0 radical (unpaired) electrons. The summed E-state index contributed by atoms with van der Waals surface area (Å²) in [5.41, 5.74) is 6.12. The van der Waals surface area contributed by atoms with E-state index < -0.39 is 0 Å². The normalized spacial score (nSPS) is 26.9. The van der Waals surface area contributed by atoms with Gasteiger partial charge in [-0.15, -0.1) is 0 Å². The summed E-state index contributed by atoms with van der Waals surface area (Å²) in [5.74, 6) is 0.867. The second kappa shape index (κ2) is 4.59. The van der Waals surface area contributed by atoms with E-state index in [4.69, 9.17) is 10.2 Å². The van der Waals surface area contributed by atoms with Gasteiger partial charge >= 0.3 is 0 Å². The fourth-order valence-corrected chi connectivity index (χ4v) is 2.59. The molecule has 5 heteroatoms. The molecule has 2 atom stereocenters. The third-order valence-corrected chi connectivity index (χ3v) is 3.71. The average molecular weight is 287 g/mol. The number of likely N-dealkylation sites (tertiary alicyclic amines) is 1. The third kappa shape index (κ3) is 2.01. The van der Waals surface area contributed by atoms with Crippen molar-refractivity contribution >= 4 is 21.8 Å². The van der Waals surface area contributed by atoms with Gasteiger partial charge in [0.15, 0.2) is 0 Å². The Hall–Kier alpha value is -0.810. The molecule has 1 fully saturated rings. The second-order valence-corrected chi connectivity index (χ2v) is 4.99. The maximum atomic E-state index is 11.8. The molecule has 4 nitrogen and oxygen atoms in total. The van der Waals surface area contributed by atoms with Crippen molar-refractivity contribution in [2.24, 2.45) is 5.73 Å². The third-order valence-electron chi connectivity index (χ3n) is 3.06. The highest BCUT2D eigenvalue weighted by molar-refractivity contribution is 9.10. The Morgan fingerprint density at radius 1 is 1.62 bits per heavy atom. The topological polar surface area (TPSA) is 59.5 Å². The zero-order valence-corrected chi connectivity index (χ0v) is 10.7. The Balaban J connectivity index is 2.35. The maximum absolute atomic E-state index is 11.8. The van der Waals surface area contributed by atoms with Crippen LogP contribution in [0.1, 0.15) is 31.1 Å². The predicted molar refractivity (Wildman–Crippen MR) is 63.7 cm³/mol. The van der Waals surface area contributed by atoms with Crippen molar-refractivity contribution in [3.05, 3.63) is 22.6 Å². The molecule has 0 aliphatic carbocycles. The number of carbonyl (C=O) groups excluding carboxylic acids is 1. The van der Waals surface area contributed by atoms with Gasteiger partial charge < -0.3 is 15.1 Å². The minimum absolute atomic E-state index is 0.0705. The van der Waals surface area contributed by atoms with Crippen LogP contribution in [0.3, 0.4) is 0 Å². The summed E-state index contributed by atoms with van der Waals surface area (Å²) in [6, 6.07) is 1.59. The van der Waals surface area contributed by atoms with Crippen molar-refractivity contribution in [1.29, 1.82) is 0 Å². The second-order valence-electron chi connectivity index (χ2n) is 4.14. The minimum Gasteiger partial charge on any atom is -0.466 e.